The van der Waals surface area contributed by atoms with Gasteiger partial charge in [-0.1, -0.05) is 26.2 Å². The van der Waals surface area contributed by atoms with Gasteiger partial charge >= 0.3 is 6.18 Å². The summed E-state index contributed by atoms with van der Waals surface area (Å²) in [5.74, 6) is 3.85. The smallest absolute Gasteiger partial charge is 0.416 e. The summed E-state index contributed by atoms with van der Waals surface area (Å²) in [5.41, 5.74) is -0.622. The molecule has 0 heterocycles. The van der Waals surface area contributed by atoms with E-state index in [-0.39, 0.29) is 0 Å². The first kappa shape index (κ1) is 19.6. The van der Waals surface area contributed by atoms with Crippen LogP contribution in [0.2, 0.25) is 0 Å². The molecule has 2 saturated carbocycles. The average Bonchev–Trinajstić information content (AvgIpc) is 2.66. The zero-order valence-electron chi connectivity index (χ0n) is 15.7. The second kappa shape index (κ2) is 8.67. The first-order valence-electron chi connectivity index (χ1n) is 10.3. The molecule has 0 aliphatic heterocycles. The molecular formula is C22H31F3O. The van der Waals surface area contributed by atoms with Crippen molar-refractivity contribution in [2.75, 3.05) is 6.61 Å². The fraction of sp³-hybridized carbons (Fsp3) is 0.727. The highest BCUT2D eigenvalue weighted by Gasteiger charge is 2.31. The van der Waals surface area contributed by atoms with Crippen molar-refractivity contribution >= 4 is 0 Å². The van der Waals surface area contributed by atoms with Crippen LogP contribution in [0.5, 0.6) is 5.75 Å². The highest BCUT2D eigenvalue weighted by Crippen LogP contribution is 2.42. The Hall–Kier alpha value is -1.19. The Morgan fingerprint density at radius 2 is 1.31 bits per heavy atom. The third-order valence-electron chi connectivity index (χ3n) is 6.69. The summed E-state index contributed by atoms with van der Waals surface area (Å²) < 4.78 is 43.5. The molecule has 0 spiro atoms. The van der Waals surface area contributed by atoms with Crippen LogP contribution in [-0.4, -0.2) is 6.61 Å². The summed E-state index contributed by atoms with van der Waals surface area (Å²) in [7, 11) is 0. The van der Waals surface area contributed by atoms with Crippen LogP contribution in [0.1, 0.15) is 70.3 Å². The molecule has 1 nitrogen and oxygen atoms in total. The zero-order chi connectivity index (χ0) is 18.6. The Balaban J connectivity index is 1.39. The molecule has 0 amide bonds. The van der Waals surface area contributed by atoms with Gasteiger partial charge in [0.1, 0.15) is 5.75 Å². The van der Waals surface area contributed by atoms with Crippen molar-refractivity contribution in [2.24, 2.45) is 23.7 Å². The van der Waals surface area contributed by atoms with Gasteiger partial charge in [0, 0.05) is 0 Å². The molecule has 0 unspecified atom stereocenters. The highest BCUT2D eigenvalue weighted by atomic mass is 19.4. The molecule has 0 N–H and O–H groups in total. The van der Waals surface area contributed by atoms with Crippen LogP contribution in [0, 0.1) is 23.7 Å². The normalized spacial score (nSPS) is 30.2. The SMILES string of the molecule is CC[C@H]1CC[C@H](C2CCC(COc3ccc(C(F)(F)F)cc3)CC2)CC1. The summed E-state index contributed by atoms with van der Waals surface area (Å²) in [6.07, 6.45) is 7.68. The lowest BCUT2D eigenvalue weighted by molar-refractivity contribution is -0.137. The lowest BCUT2D eigenvalue weighted by Crippen LogP contribution is -2.27. The van der Waals surface area contributed by atoms with Gasteiger partial charge in [-0.2, -0.15) is 13.2 Å². The van der Waals surface area contributed by atoms with Gasteiger partial charge in [-0.3, -0.25) is 0 Å². The van der Waals surface area contributed by atoms with Crippen molar-refractivity contribution in [3.05, 3.63) is 29.8 Å². The monoisotopic (exact) mass is 368 g/mol. The standard InChI is InChI=1S/C22H31F3O/c1-2-16-3-7-18(8-4-16)19-9-5-17(6-10-19)15-26-21-13-11-20(12-14-21)22(23,24)25/h11-14,16-19H,2-10,15H2,1H3/t16-,17?,18-,19?. The molecule has 0 aromatic heterocycles. The maximum absolute atomic E-state index is 12.6. The van der Waals surface area contributed by atoms with Gasteiger partial charge in [-0.05, 0) is 86.5 Å². The summed E-state index contributed by atoms with van der Waals surface area (Å²) >= 11 is 0. The minimum atomic E-state index is -4.28. The summed E-state index contributed by atoms with van der Waals surface area (Å²) in [6, 6.07) is 5.05. The number of rotatable bonds is 5. The van der Waals surface area contributed by atoms with Crippen LogP contribution >= 0.6 is 0 Å². The molecule has 3 rings (SSSR count). The molecular weight excluding hydrogens is 337 g/mol. The number of hydrogen-bond donors (Lipinski definition) is 0. The Bertz CT molecular complexity index is 536. The molecule has 146 valence electrons. The maximum atomic E-state index is 12.6. The highest BCUT2D eigenvalue weighted by molar-refractivity contribution is 5.28. The predicted molar refractivity (Wildman–Crippen MR) is 98.1 cm³/mol. The van der Waals surface area contributed by atoms with Crippen LogP contribution < -0.4 is 4.74 Å². The third-order valence-corrected chi connectivity index (χ3v) is 6.69. The van der Waals surface area contributed by atoms with E-state index in [2.05, 4.69) is 6.92 Å². The third kappa shape index (κ3) is 5.17. The van der Waals surface area contributed by atoms with Crippen molar-refractivity contribution < 1.29 is 17.9 Å². The van der Waals surface area contributed by atoms with Gasteiger partial charge in [0.25, 0.3) is 0 Å². The van der Waals surface area contributed by atoms with Crippen LogP contribution in [0.25, 0.3) is 0 Å². The molecule has 0 saturated heterocycles. The number of ether oxygens (including phenoxy) is 1. The van der Waals surface area contributed by atoms with E-state index in [4.69, 9.17) is 4.74 Å². The average molecular weight is 368 g/mol. The van der Waals surface area contributed by atoms with E-state index in [1.807, 2.05) is 0 Å². The zero-order valence-corrected chi connectivity index (χ0v) is 15.7. The van der Waals surface area contributed by atoms with Crippen LogP contribution in [0.3, 0.4) is 0 Å². The van der Waals surface area contributed by atoms with Gasteiger partial charge < -0.3 is 4.74 Å². The Morgan fingerprint density at radius 3 is 1.77 bits per heavy atom. The number of hydrogen-bond acceptors (Lipinski definition) is 1. The van der Waals surface area contributed by atoms with Gasteiger partial charge in [-0.25, -0.2) is 0 Å². The molecule has 2 aliphatic rings. The molecule has 2 aliphatic carbocycles. The van der Waals surface area contributed by atoms with Crippen molar-refractivity contribution in [1.82, 2.24) is 0 Å². The molecule has 26 heavy (non-hydrogen) atoms. The first-order chi connectivity index (χ1) is 12.5. The first-order valence-corrected chi connectivity index (χ1v) is 10.3. The van der Waals surface area contributed by atoms with Crippen LogP contribution in [0.15, 0.2) is 24.3 Å². The fourth-order valence-electron chi connectivity index (χ4n) is 4.85. The second-order valence-corrected chi connectivity index (χ2v) is 8.30. The topological polar surface area (TPSA) is 9.23 Å². The van der Waals surface area contributed by atoms with E-state index < -0.39 is 11.7 Å². The van der Waals surface area contributed by atoms with Crippen LogP contribution in [-0.2, 0) is 6.18 Å². The number of alkyl halides is 3. The molecule has 0 bridgehead atoms. The Kier molecular flexibility index (Phi) is 6.52. The van der Waals surface area contributed by atoms with Crippen molar-refractivity contribution in [3.63, 3.8) is 0 Å². The van der Waals surface area contributed by atoms with Gasteiger partial charge in [-0.15, -0.1) is 0 Å². The minimum absolute atomic E-state index is 0.540. The van der Waals surface area contributed by atoms with E-state index in [0.717, 1.165) is 29.9 Å². The summed E-state index contributed by atoms with van der Waals surface area (Å²) in [4.78, 5) is 0. The second-order valence-electron chi connectivity index (χ2n) is 8.30. The van der Waals surface area contributed by atoms with E-state index in [1.165, 1.54) is 69.9 Å². The van der Waals surface area contributed by atoms with E-state index in [0.29, 0.717) is 18.3 Å². The molecule has 0 radical (unpaired) electrons. The summed E-state index contributed by atoms with van der Waals surface area (Å²) in [6.45, 7) is 2.94. The van der Waals surface area contributed by atoms with Gasteiger partial charge in [0.05, 0.1) is 12.2 Å². The fourth-order valence-corrected chi connectivity index (χ4v) is 4.85. The minimum Gasteiger partial charge on any atom is -0.493 e. The van der Waals surface area contributed by atoms with Crippen molar-refractivity contribution in [1.29, 1.82) is 0 Å². The van der Waals surface area contributed by atoms with E-state index >= 15 is 0 Å². The maximum Gasteiger partial charge on any atom is 0.416 e. The molecule has 1 aromatic carbocycles. The lowest BCUT2D eigenvalue weighted by Gasteiger charge is -2.37. The van der Waals surface area contributed by atoms with Crippen molar-refractivity contribution in [3.8, 4) is 5.75 Å². The largest absolute Gasteiger partial charge is 0.493 e. The lowest BCUT2D eigenvalue weighted by atomic mass is 9.69. The number of halogens is 3. The molecule has 2 fully saturated rings. The Labute approximate surface area is 155 Å². The summed E-state index contributed by atoms with van der Waals surface area (Å²) in [5, 5.41) is 0. The van der Waals surface area contributed by atoms with E-state index in [1.54, 1.807) is 0 Å². The molecule has 0 atom stereocenters. The Morgan fingerprint density at radius 1 is 0.808 bits per heavy atom. The van der Waals surface area contributed by atoms with Gasteiger partial charge in [0.15, 0.2) is 0 Å². The van der Waals surface area contributed by atoms with Crippen molar-refractivity contribution in [2.45, 2.75) is 70.9 Å². The van der Waals surface area contributed by atoms with E-state index in [9.17, 15) is 13.2 Å². The molecule has 4 heteroatoms. The van der Waals surface area contributed by atoms with Gasteiger partial charge in [0.2, 0.25) is 0 Å². The number of benzene rings is 1. The quantitative estimate of drug-likeness (QED) is 0.538. The van der Waals surface area contributed by atoms with Crippen LogP contribution in [0.4, 0.5) is 13.2 Å². The predicted octanol–water partition coefficient (Wildman–Crippen LogP) is 7.11. The molecule has 1 aromatic rings.